The van der Waals surface area contributed by atoms with E-state index in [1.807, 2.05) is 31.2 Å². The normalized spacial score (nSPS) is 14.4. The molecule has 0 aromatic heterocycles. The average molecular weight is 270 g/mol. The maximum absolute atomic E-state index is 10.9. The van der Waals surface area contributed by atoms with E-state index in [2.05, 4.69) is 5.32 Å². The van der Waals surface area contributed by atoms with Gasteiger partial charge >= 0.3 is 0 Å². The van der Waals surface area contributed by atoms with Crippen LogP contribution in [-0.2, 0) is 11.3 Å². The molecule has 3 N–H and O–H groups in total. The Morgan fingerprint density at radius 1 is 1.44 bits per heavy atom. The van der Waals surface area contributed by atoms with Crippen molar-refractivity contribution in [2.45, 2.75) is 25.8 Å². The molecule has 0 saturated carbocycles. The lowest BCUT2D eigenvalue weighted by atomic mass is 10.1. The van der Waals surface area contributed by atoms with Crippen LogP contribution in [0.4, 0.5) is 11.4 Å². The Morgan fingerprint density at radius 2 is 2.06 bits per heavy atom. The highest BCUT2D eigenvalue weighted by Crippen LogP contribution is 2.12. The molecular formula is C12H20N3O2S-. The standard InChI is InChI=1S/C12H21N3O2S/c1-3-12(15(2)18(16)17)8-9-14-11-6-4-10(13)5-7-11/h4-7,12,14H,3,8-9,13H2,1-2H3,(H,16,17)/p-1. The lowest BCUT2D eigenvalue weighted by Crippen LogP contribution is -2.34. The van der Waals surface area contributed by atoms with Crippen LogP contribution < -0.4 is 11.1 Å². The third-order valence-corrected chi connectivity index (χ3v) is 3.71. The zero-order chi connectivity index (χ0) is 13.5. The minimum atomic E-state index is -2.15. The van der Waals surface area contributed by atoms with Gasteiger partial charge in [0.1, 0.15) is 0 Å². The number of benzene rings is 1. The Kier molecular flexibility index (Phi) is 6.11. The molecule has 2 atom stereocenters. The molecule has 2 unspecified atom stereocenters. The van der Waals surface area contributed by atoms with Crippen LogP contribution in [0.1, 0.15) is 19.8 Å². The molecule has 6 heteroatoms. The van der Waals surface area contributed by atoms with Gasteiger partial charge in [-0.2, -0.15) is 0 Å². The fraction of sp³-hybridized carbons (Fsp3) is 0.500. The summed E-state index contributed by atoms with van der Waals surface area (Å²) in [5, 5.41) is 3.25. The molecule has 1 aromatic carbocycles. The van der Waals surface area contributed by atoms with Crippen LogP contribution in [0, 0.1) is 0 Å². The van der Waals surface area contributed by atoms with Gasteiger partial charge in [-0.1, -0.05) is 6.92 Å². The first-order valence-corrected chi connectivity index (χ1v) is 6.99. The van der Waals surface area contributed by atoms with Crippen molar-refractivity contribution < 1.29 is 8.76 Å². The Labute approximate surface area is 111 Å². The minimum absolute atomic E-state index is 0.0321. The molecule has 5 nitrogen and oxygen atoms in total. The maximum Gasteiger partial charge on any atom is 0.0341 e. The summed E-state index contributed by atoms with van der Waals surface area (Å²) in [7, 11) is 1.60. The number of nitrogen functional groups attached to an aromatic ring is 1. The molecule has 0 radical (unpaired) electrons. The lowest BCUT2D eigenvalue weighted by molar-refractivity contribution is 0.333. The Balaban J connectivity index is 2.40. The minimum Gasteiger partial charge on any atom is -0.760 e. The molecule has 0 fully saturated rings. The van der Waals surface area contributed by atoms with E-state index in [0.717, 1.165) is 30.8 Å². The van der Waals surface area contributed by atoms with Crippen molar-refractivity contribution >= 4 is 22.6 Å². The van der Waals surface area contributed by atoms with Crippen molar-refractivity contribution in [3.8, 4) is 0 Å². The molecule has 0 aliphatic rings. The average Bonchev–Trinajstić information content (AvgIpc) is 2.36. The Bertz CT molecular complexity index is 383. The third-order valence-electron chi connectivity index (χ3n) is 2.94. The summed E-state index contributed by atoms with van der Waals surface area (Å²) in [4.78, 5) is 0. The van der Waals surface area contributed by atoms with Crippen molar-refractivity contribution in [3.63, 3.8) is 0 Å². The predicted octanol–water partition coefficient (Wildman–Crippen LogP) is 1.58. The molecule has 1 rings (SSSR count). The summed E-state index contributed by atoms with van der Waals surface area (Å²) in [6, 6.07) is 7.51. The number of nitrogens with zero attached hydrogens (tertiary/aromatic N) is 1. The van der Waals surface area contributed by atoms with Gasteiger partial charge in [-0.05, 0) is 44.2 Å². The second-order valence-electron chi connectivity index (χ2n) is 4.16. The van der Waals surface area contributed by atoms with Crippen molar-refractivity contribution in [2.75, 3.05) is 24.6 Å². The van der Waals surface area contributed by atoms with E-state index < -0.39 is 11.3 Å². The van der Waals surface area contributed by atoms with Gasteiger partial charge in [0, 0.05) is 35.2 Å². The van der Waals surface area contributed by atoms with E-state index in [1.165, 1.54) is 4.31 Å². The van der Waals surface area contributed by atoms with Gasteiger partial charge in [-0.3, -0.25) is 4.21 Å². The number of nitrogens with one attached hydrogen (secondary N) is 1. The van der Waals surface area contributed by atoms with Gasteiger partial charge in [0.2, 0.25) is 0 Å². The summed E-state index contributed by atoms with van der Waals surface area (Å²) in [5.74, 6) is 0. The first-order valence-electron chi connectivity index (χ1n) is 5.96. The number of hydrogen-bond acceptors (Lipinski definition) is 4. The molecule has 102 valence electrons. The number of anilines is 2. The van der Waals surface area contributed by atoms with Crippen LogP contribution in [0.25, 0.3) is 0 Å². The van der Waals surface area contributed by atoms with E-state index >= 15 is 0 Å². The zero-order valence-electron chi connectivity index (χ0n) is 10.8. The van der Waals surface area contributed by atoms with Gasteiger partial charge in [-0.25, -0.2) is 4.31 Å². The van der Waals surface area contributed by atoms with E-state index in [-0.39, 0.29) is 6.04 Å². The Morgan fingerprint density at radius 3 is 2.56 bits per heavy atom. The number of nitrogens with two attached hydrogens (primary N) is 1. The lowest BCUT2D eigenvalue weighted by Gasteiger charge is -2.28. The molecule has 0 spiro atoms. The summed E-state index contributed by atoms with van der Waals surface area (Å²) >= 11 is -2.15. The van der Waals surface area contributed by atoms with E-state index in [0.29, 0.717) is 0 Å². The van der Waals surface area contributed by atoms with Crippen LogP contribution in [0.15, 0.2) is 24.3 Å². The Hall–Kier alpha value is -1.11. The molecule has 18 heavy (non-hydrogen) atoms. The largest absolute Gasteiger partial charge is 0.760 e. The van der Waals surface area contributed by atoms with E-state index in [9.17, 15) is 8.76 Å². The highest BCUT2D eigenvalue weighted by molar-refractivity contribution is 7.76. The van der Waals surface area contributed by atoms with Gasteiger partial charge in [0.25, 0.3) is 0 Å². The molecule has 0 saturated heterocycles. The monoisotopic (exact) mass is 270 g/mol. The summed E-state index contributed by atoms with van der Waals surface area (Å²) in [6.45, 7) is 2.71. The molecular weight excluding hydrogens is 250 g/mol. The van der Waals surface area contributed by atoms with Crippen LogP contribution in [0.5, 0.6) is 0 Å². The van der Waals surface area contributed by atoms with Crippen LogP contribution >= 0.6 is 0 Å². The van der Waals surface area contributed by atoms with Crippen LogP contribution in [-0.4, -0.2) is 32.7 Å². The van der Waals surface area contributed by atoms with Gasteiger partial charge < -0.3 is 15.6 Å². The summed E-state index contributed by atoms with van der Waals surface area (Å²) in [6.07, 6.45) is 1.57. The van der Waals surface area contributed by atoms with Crippen LogP contribution in [0.3, 0.4) is 0 Å². The summed E-state index contributed by atoms with van der Waals surface area (Å²) < 4.78 is 23.1. The molecule has 0 heterocycles. The third kappa shape index (κ3) is 4.64. The maximum atomic E-state index is 10.9. The molecule has 0 bridgehead atoms. The first-order chi connectivity index (χ1) is 8.54. The smallest absolute Gasteiger partial charge is 0.0341 e. The second kappa shape index (κ2) is 7.35. The number of rotatable bonds is 7. The van der Waals surface area contributed by atoms with Crippen molar-refractivity contribution in [2.24, 2.45) is 0 Å². The van der Waals surface area contributed by atoms with E-state index in [1.54, 1.807) is 7.05 Å². The highest BCUT2D eigenvalue weighted by Gasteiger charge is 2.12. The van der Waals surface area contributed by atoms with Crippen molar-refractivity contribution in [1.29, 1.82) is 0 Å². The first kappa shape index (κ1) is 14.9. The quantitative estimate of drug-likeness (QED) is 0.582. The van der Waals surface area contributed by atoms with Gasteiger partial charge in [0.05, 0.1) is 0 Å². The second-order valence-corrected chi connectivity index (χ2v) is 5.17. The molecule has 0 aliphatic heterocycles. The van der Waals surface area contributed by atoms with Crippen LogP contribution in [0.2, 0.25) is 0 Å². The topological polar surface area (TPSA) is 81.4 Å². The fourth-order valence-corrected chi connectivity index (χ4v) is 2.25. The number of hydrogen-bond donors (Lipinski definition) is 2. The SMILES string of the molecule is CCC(CCNc1ccc(N)cc1)N(C)S(=O)[O-]. The molecule has 0 aliphatic carbocycles. The van der Waals surface area contributed by atoms with Crippen molar-refractivity contribution in [3.05, 3.63) is 24.3 Å². The fourth-order valence-electron chi connectivity index (χ4n) is 1.75. The molecule has 1 aromatic rings. The van der Waals surface area contributed by atoms with Crippen molar-refractivity contribution in [1.82, 2.24) is 4.31 Å². The highest BCUT2D eigenvalue weighted by atomic mass is 32.2. The molecule has 0 amide bonds. The van der Waals surface area contributed by atoms with Gasteiger partial charge in [0.15, 0.2) is 0 Å². The van der Waals surface area contributed by atoms with Gasteiger partial charge in [-0.15, -0.1) is 0 Å². The zero-order valence-corrected chi connectivity index (χ0v) is 11.6. The predicted molar refractivity (Wildman–Crippen MR) is 74.7 cm³/mol. The summed E-state index contributed by atoms with van der Waals surface area (Å²) in [5.41, 5.74) is 7.32. The van der Waals surface area contributed by atoms with E-state index in [4.69, 9.17) is 5.73 Å².